The molecule has 0 radical (unpaired) electrons. The number of hydrogen-bond acceptors (Lipinski definition) is 6. The molecular weight excluding hydrogens is 362 g/mol. The molecule has 2 aliphatic rings. The van der Waals surface area contributed by atoms with E-state index in [2.05, 4.69) is 18.3 Å². The number of nitro benzene ring substituents is 1. The normalized spacial score (nSPS) is 15.2. The van der Waals surface area contributed by atoms with Crippen molar-refractivity contribution < 1.29 is 19.2 Å². The molecular formula is C20H21N3O5. The van der Waals surface area contributed by atoms with Crippen LogP contribution in [0.1, 0.15) is 24.5 Å². The van der Waals surface area contributed by atoms with Gasteiger partial charge in [0.1, 0.15) is 11.4 Å². The van der Waals surface area contributed by atoms with Gasteiger partial charge in [0, 0.05) is 13.1 Å². The van der Waals surface area contributed by atoms with Gasteiger partial charge < -0.3 is 19.7 Å². The molecule has 0 saturated heterocycles. The Labute approximate surface area is 162 Å². The monoisotopic (exact) mass is 383 g/mol. The quantitative estimate of drug-likeness (QED) is 0.629. The first-order valence-electron chi connectivity index (χ1n) is 9.30. The van der Waals surface area contributed by atoms with Gasteiger partial charge in [-0.2, -0.15) is 0 Å². The number of rotatable bonds is 5. The van der Waals surface area contributed by atoms with Gasteiger partial charge in [-0.3, -0.25) is 14.9 Å². The Morgan fingerprint density at radius 1 is 1.29 bits per heavy atom. The van der Waals surface area contributed by atoms with Gasteiger partial charge in [-0.25, -0.2) is 0 Å². The van der Waals surface area contributed by atoms with Crippen LogP contribution in [0.2, 0.25) is 0 Å². The van der Waals surface area contributed by atoms with E-state index in [1.165, 1.54) is 11.6 Å². The number of nitro groups is 1. The predicted octanol–water partition coefficient (Wildman–Crippen LogP) is 3.28. The first kappa shape index (κ1) is 18.1. The second kappa shape index (κ2) is 7.38. The average Bonchev–Trinajstić information content (AvgIpc) is 2.70. The molecule has 0 bridgehead atoms. The second-order valence-corrected chi connectivity index (χ2v) is 6.88. The van der Waals surface area contributed by atoms with Crippen molar-refractivity contribution in [2.24, 2.45) is 0 Å². The van der Waals surface area contributed by atoms with Crippen LogP contribution in [0.4, 0.5) is 17.1 Å². The van der Waals surface area contributed by atoms with E-state index in [9.17, 15) is 14.9 Å². The van der Waals surface area contributed by atoms with E-state index in [1.807, 2.05) is 17.0 Å². The van der Waals surface area contributed by atoms with Crippen molar-refractivity contribution in [3.63, 3.8) is 0 Å². The molecule has 146 valence electrons. The molecule has 0 atom stereocenters. The summed E-state index contributed by atoms with van der Waals surface area (Å²) in [5, 5.41) is 14.3. The summed E-state index contributed by atoms with van der Waals surface area (Å²) >= 11 is 0. The molecule has 1 amide bonds. The zero-order valence-electron chi connectivity index (χ0n) is 15.6. The van der Waals surface area contributed by atoms with Gasteiger partial charge in [-0.1, -0.05) is 13.0 Å². The van der Waals surface area contributed by atoms with Crippen molar-refractivity contribution in [1.82, 2.24) is 0 Å². The van der Waals surface area contributed by atoms with Crippen LogP contribution in [-0.2, 0) is 17.8 Å². The van der Waals surface area contributed by atoms with Gasteiger partial charge in [0.05, 0.1) is 23.3 Å². The van der Waals surface area contributed by atoms with E-state index in [0.717, 1.165) is 24.2 Å². The zero-order chi connectivity index (χ0) is 19.7. The summed E-state index contributed by atoms with van der Waals surface area (Å²) in [5.41, 5.74) is 3.23. The smallest absolute Gasteiger partial charge is 0.296 e. The van der Waals surface area contributed by atoms with E-state index in [4.69, 9.17) is 9.47 Å². The van der Waals surface area contributed by atoms with E-state index < -0.39 is 4.92 Å². The maximum atomic E-state index is 11.6. The predicted molar refractivity (Wildman–Crippen MR) is 104 cm³/mol. The number of anilines is 2. The van der Waals surface area contributed by atoms with E-state index in [1.54, 1.807) is 6.07 Å². The summed E-state index contributed by atoms with van der Waals surface area (Å²) < 4.78 is 11.0. The third kappa shape index (κ3) is 3.45. The molecule has 2 aromatic rings. The number of nitrogens with zero attached hydrogens (tertiary/aromatic N) is 2. The number of amides is 1. The van der Waals surface area contributed by atoms with Crippen molar-refractivity contribution in [2.75, 3.05) is 30.0 Å². The molecule has 0 aromatic heterocycles. The molecule has 0 saturated carbocycles. The molecule has 0 unspecified atom stereocenters. The highest BCUT2D eigenvalue weighted by atomic mass is 16.6. The highest BCUT2D eigenvalue weighted by molar-refractivity contribution is 5.97. The number of ether oxygens (including phenoxy) is 2. The molecule has 1 N–H and O–H groups in total. The molecule has 0 fully saturated rings. The number of benzene rings is 2. The van der Waals surface area contributed by atoms with Crippen molar-refractivity contribution >= 4 is 23.0 Å². The summed E-state index contributed by atoms with van der Waals surface area (Å²) in [6, 6.07) is 9.03. The second-order valence-electron chi connectivity index (χ2n) is 6.88. The summed E-state index contributed by atoms with van der Waals surface area (Å²) in [4.78, 5) is 24.8. The SMILES string of the molecule is CCCOc1ccc2c(c1)CCN(c1cc3c(cc1[N+](=O)[O-])OCC(=O)N3)C2. The van der Waals surface area contributed by atoms with Crippen LogP contribution in [0.15, 0.2) is 30.3 Å². The van der Waals surface area contributed by atoms with Gasteiger partial charge in [-0.15, -0.1) is 0 Å². The summed E-state index contributed by atoms with van der Waals surface area (Å²) in [6.07, 6.45) is 1.71. The van der Waals surface area contributed by atoms with Gasteiger partial charge >= 0.3 is 0 Å². The van der Waals surface area contributed by atoms with Crippen LogP contribution in [0.3, 0.4) is 0 Å². The number of hydrogen-bond donors (Lipinski definition) is 1. The van der Waals surface area contributed by atoms with Gasteiger partial charge in [0.25, 0.3) is 11.6 Å². The summed E-state index contributed by atoms with van der Waals surface area (Å²) in [6.45, 7) is 3.80. The number of fused-ring (bicyclic) bond motifs is 2. The van der Waals surface area contributed by atoms with E-state index in [0.29, 0.717) is 36.8 Å². The van der Waals surface area contributed by atoms with Crippen molar-refractivity contribution in [1.29, 1.82) is 0 Å². The minimum Gasteiger partial charge on any atom is -0.494 e. The van der Waals surface area contributed by atoms with Crippen LogP contribution in [0.5, 0.6) is 11.5 Å². The fraction of sp³-hybridized carbons (Fsp3) is 0.350. The van der Waals surface area contributed by atoms with Crippen LogP contribution in [0, 0.1) is 10.1 Å². The molecule has 8 nitrogen and oxygen atoms in total. The maximum absolute atomic E-state index is 11.6. The largest absolute Gasteiger partial charge is 0.494 e. The molecule has 2 aromatic carbocycles. The molecule has 0 spiro atoms. The average molecular weight is 383 g/mol. The third-order valence-corrected chi connectivity index (χ3v) is 4.91. The van der Waals surface area contributed by atoms with Crippen LogP contribution in [-0.4, -0.2) is 30.6 Å². The number of carbonyl (C=O) groups excluding carboxylic acids is 1. The number of carbonyl (C=O) groups is 1. The fourth-order valence-corrected chi connectivity index (χ4v) is 3.55. The van der Waals surface area contributed by atoms with Crippen molar-refractivity contribution in [2.45, 2.75) is 26.3 Å². The summed E-state index contributed by atoms with van der Waals surface area (Å²) in [7, 11) is 0. The van der Waals surface area contributed by atoms with E-state index in [-0.39, 0.29) is 18.2 Å². The highest BCUT2D eigenvalue weighted by Gasteiger charge is 2.28. The van der Waals surface area contributed by atoms with Gasteiger partial charge in [-0.05, 0) is 42.2 Å². The highest BCUT2D eigenvalue weighted by Crippen LogP contribution is 2.41. The summed E-state index contributed by atoms with van der Waals surface area (Å²) in [5.74, 6) is 0.912. The van der Waals surface area contributed by atoms with Gasteiger partial charge in [0.2, 0.25) is 0 Å². The molecule has 4 rings (SSSR count). The fourth-order valence-electron chi connectivity index (χ4n) is 3.55. The topological polar surface area (TPSA) is 93.9 Å². The zero-order valence-corrected chi connectivity index (χ0v) is 15.6. The van der Waals surface area contributed by atoms with E-state index >= 15 is 0 Å². The Morgan fingerprint density at radius 3 is 2.93 bits per heavy atom. The molecule has 2 aliphatic heterocycles. The minimum atomic E-state index is -0.410. The molecule has 2 heterocycles. The van der Waals surface area contributed by atoms with Gasteiger partial charge in [0.15, 0.2) is 12.4 Å². The lowest BCUT2D eigenvalue weighted by atomic mass is 9.98. The Balaban J connectivity index is 1.64. The molecule has 28 heavy (non-hydrogen) atoms. The lowest BCUT2D eigenvalue weighted by molar-refractivity contribution is -0.384. The minimum absolute atomic E-state index is 0.0266. The first-order chi connectivity index (χ1) is 13.5. The Kier molecular flexibility index (Phi) is 4.77. The van der Waals surface area contributed by atoms with Crippen LogP contribution >= 0.6 is 0 Å². The standard InChI is InChI=1S/C20H21N3O5/c1-2-7-27-15-4-3-14-11-22(6-5-13(14)8-15)17-9-16-19(10-18(17)23(25)26)28-12-20(24)21-16/h3-4,8-10H,2,5-7,11-12H2,1H3,(H,21,24). The maximum Gasteiger partial charge on any atom is 0.296 e. The molecule has 0 aliphatic carbocycles. The Morgan fingerprint density at radius 2 is 2.14 bits per heavy atom. The lowest BCUT2D eigenvalue weighted by Gasteiger charge is -2.31. The van der Waals surface area contributed by atoms with Crippen molar-refractivity contribution in [3.05, 3.63) is 51.6 Å². The lowest BCUT2D eigenvalue weighted by Crippen LogP contribution is -2.31. The first-order valence-corrected chi connectivity index (χ1v) is 9.30. The van der Waals surface area contributed by atoms with Crippen molar-refractivity contribution in [3.8, 4) is 11.5 Å². The Hall–Kier alpha value is -3.29. The third-order valence-electron chi connectivity index (χ3n) is 4.91. The molecule has 8 heteroatoms. The Bertz CT molecular complexity index is 944. The number of nitrogens with one attached hydrogen (secondary N) is 1. The van der Waals surface area contributed by atoms with Crippen LogP contribution < -0.4 is 19.7 Å². The van der Waals surface area contributed by atoms with Crippen LogP contribution in [0.25, 0.3) is 0 Å².